The molecule has 0 aliphatic carbocycles. The van der Waals surface area contributed by atoms with E-state index in [9.17, 15) is 4.79 Å². The van der Waals surface area contributed by atoms with Gasteiger partial charge >= 0.3 is 0 Å². The third kappa shape index (κ3) is 3.09. The van der Waals surface area contributed by atoms with Crippen molar-refractivity contribution in [1.29, 1.82) is 0 Å². The molecule has 2 aromatic carbocycles. The lowest BCUT2D eigenvalue weighted by Gasteiger charge is -2.14. The molecule has 22 heavy (non-hydrogen) atoms. The van der Waals surface area contributed by atoms with Gasteiger partial charge in [-0.15, -0.1) is 0 Å². The zero-order valence-electron chi connectivity index (χ0n) is 12.4. The fraction of sp³-hybridized carbons (Fsp3) is 0.176. The van der Waals surface area contributed by atoms with Gasteiger partial charge in [-0.1, -0.05) is 18.2 Å². The number of nitrogens with zero attached hydrogens (tertiary/aromatic N) is 1. The smallest absolute Gasteiger partial charge is 0.265 e. The van der Waals surface area contributed by atoms with Gasteiger partial charge in [0.25, 0.3) is 5.91 Å². The zero-order valence-corrected chi connectivity index (χ0v) is 12.4. The second kappa shape index (κ2) is 5.89. The fourth-order valence-electron chi connectivity index (χ4n) is 2.12. The minimum absolute atomic E-state index is 0.223. The van der Waals surface area contributed by atoms with Gasteiger partial charge in [0.15, 0.2) is 17.6 Å². The van der Waals surface area contributed by atoms with Crippen LogP contribution >= 0.6 is 0 Å². The third-order valence-corrected chi connectivity index (χ3v) is 3.19. The van der Waals surface area contributed by atoms with E-state index in [2.05, 4.69) is 10.3 Å². The Labute approximate surface area is 127 Å². The van der Waals surface area contributed by atoms with Crippen molar-refractivity contribution < 1.29 is 13.9 Å². The maximum absolute atomic E-state index is 12.2. The number of aryl methyl sites for hydroxylation is 1. The molecule has 0 bridgehead atoms. The Kier molecular flexibility index (Phi) is 3.78. The molecule has 0 aliphatic rings. The van der Waals surface area contributed by atoms with Crippen LogP contribution in [0.1, 0.15) is 12.8 Å². The number of carbonyl (C=O) groups is 1. The number of ether oxygens (including phenoxy) is 1. The van der Waals surface area contributed by atoms with Crippen LogP contribution in [0.25, 0.3) is 11.1 Å². The SMILES string of the molecule is Cc1nc2ccc(NC(=O)C(C)Oc3ccccc3)cc2o1. The molecule has 0 fully saturated rings. The fourth-order valence-corrected chi connectivity index (χ4v) is 2.12. The first-order valence-electron chi connectivity index (χ1n) is 7.01. The number of rotatable bonds is 4. The number of carbonyl (C=O) groups excluding carboxylic acids is 1. The van der Waals surface area contributed by atoms with Crippen molar-refractivity contribution in [3.8, 4) is 5.75 Å². The van der Waals surface area contributed by atoms with Gasteiger partial charge in [0.2, 0.25) is 0 Å². The first-order valence-corrected chi connectivity index (χ1v) is 7.01. The summed E-state index contributed by atoms with van der Waals surface area (Å²) in [4.78, 5) is 16.4. The molecule has 0 spiro atoms. The molecule has 1 N–H and O–H groups in total. The van der Waals surface area contributed by atoms with E-state index in [-0.39, 0.29) is 5.91 Å². The third-order valence-electron chi connectivity index (χ3n) is 3.19. The van der Waals surface area contributed by atoms with Crippen LogP contribution in [0, 0.1) is 6.92 Å². The zero-order chi connectivity index (χ0) is 15.5. The molecule has 112 valence electrons. The van der Waals surface area contributed by atoms with Crippen LogP contribution in [0.2, 0.25) is 0 Å². The van der Waals surface area contributed by atoms with Gasteiger partial charge in [-0.05, 0) is 31.2 Å². The van der Waals surface area contributed by atoms with Gasteiger partial charge < -0.3 is 14.5 Å². The Morgan fingerprint density at radius 3 is 2.77 bits per heavy atom. The van der Waals surface area contributed by atoms with Crippen molar-refractivity contribution in [1.82, 2.24) is 4.98 Å². The molecule has 5 heteroatoms. The Morgan fingerprint density at radius 1 is 1.23 bits per heavy atom. The summed E-state index contributed by atoms with van der Waals surface area (Å²) in [6.45, 7) is 3.49. The highest BCUT2D eigenvalue weighted by molar-refractivity contribution is 5.95. The van der Waals surface area contributed by atoms with Crippen molar-refractivity contribution in [3.05, 3.63) is 54.4 Å². The topological polar surface area (TPSA) is 64.4 Å². The van der Waals surface area contributed by atoms with Crippen molar-refractivity contribution in [2.24, 2.45) is 0 Å². The summed E-state index contributed by atoms with van der Waals surface area (Å²) in [5, 5.41) is 2.81. The maximum atomic E-state index is 12.2. The van der Waals surface area contributed by atoms with Crippen molar-refractivity contribution in [2.45, 2.75) is 20.0 Å². The summed E-state index contributed by atoms with van der Waals surface area (Å²) >= 11 is 0. The molecule has 0 aliphatic heterocycles. The number of nitrogens with one attached hydrogen (secondary N) is 1. The Morgan fingerprint density at radius 2 is 2.00 bits per heavy atom. The molecular weight excluding hydrogens is 280 g/mol. The number of aromatic nitrogens is 1. The summed E-state index contributed by atoms with van der Waals surface area (Å²) < 4.78 is 11.0. The van der Waals surface area contributed by atoms with Gasteiger partial charge in [0.1, 0.15) is 11.3 Å². The average Bonchev–Trinajstić information content (AvgIpc) is 2.87. The number of anilines is 1. The van der Waals surface area contributed by atoms with Crippen LogP contribution < -0.4 is 10.1 Å². The quantitative estimate of drug-likeness (QED) is 0.799. The van der Waals surface area contributed by atoms with Crippen LogP contribution in [-0.4, -0.2) is 17.0 Å². The summed E-state index contributed by atoms with van der Waals surface area (Å²) in [5.41, 5.74) is 2.06. The van der Waals surface area contributed by atoms with Gasteiger partial charge in [-0.25, -0.2) is 4.98 Å². The van der Waals surface area contributed by atoms with Crippen molar-refractivity contribution in [3.63, 3.8) is 0 Å². The molecule has 1 amide bonds. The van der Waals surface area contributed by atoms with Gasteiger partial charge in [-0.3, -0.25) is 4.79 Å². The predicted molar refractivity (Wildman–Crippen MR) is 83.9 cm³/mol. The molecule has 5 nitrogen and oxygen atoms in total. The van der Waals surface area contributed by atoms with E-state index in [1.807, 2.05) is 36.4 Å². The van der Waals surface area contributed by atoms with Crippen LogP contribution in [0.4, 0.5) is 5.69 Å². The summed E-state index contributed by atoms with van der Waals surface area (Å²) in [7, 11) is 0. The van der Waals surface area contributed by atoms with Crippen LogP contribution in [-0.2, 0) is 4.79 Å². The van der Waals surface area contributed by atoms with Crippen molar-refractivity contribution >= 4 is 22.7 Å². The molecule has 3 aromatic rings. The van der Waals surface area contributed by atoms with Crippen molar-refractivity contribution in [2.75, 3.05) is 5.32 Å². The van der Waals surface area contributed by atoms with Crippen LogP contribution in [0.15, 0.2) is 52.9 Å². The monoisotopic (exact) mass is 296 g/mol. The molecule has 1 aromatic heterocycles. The number of hydrogen-bond acceptors (Lipinski definition) is 4. The summed E-state index contributed by atoms with van der Waals surface area (Å²) in [6, 6.07) is 14.6. The van der Waals surface area contributed by atoms with E-state index in [4.69, 9.17) is 9.15 Å². The average molecular weight is 296 g/mol. The van der Waals surface area contributed by atoms with Crippen LogP contribution in [0.5, 0.6) is 5.75 Å². The molecule has 1 unspecified atom stereocenters. The van der Waals surface area contributed by atoms with E-state index in [0.717, 1.165) is 5.52 Å². The second-order valence-corrected chi connectivity index (χ2v) is 4.98. The minimum Gasteiger partial charge on any atom is -0.481 e. The number of fused-ring (bicyclic) bond motifs is 1. The number of para-hydroxylation sites is 1. The van der Waals surface area contributed by atoms with Gasteiger partial charge in [0, 0.05) is 18.7 Å². The number of oxazole rings is 1. The lowest BCUT2D eigenvalue weighted by Crippen LogP contribution is -2.30. The largest absolute Gasteiger partial charge is 0.481 e. The molecular formula is C17H16N2O3. The predicted octanol–water partition coefficient (Wildman–Crippen LogP) is 3.54. The molecule has 1 atom stereocenters. The first kappa shape index (κ1) is 14.1. The van der Waals surface area contributed by atoms with E-state index >= 15 is 0 Å². The highest BCUT2D eigenvalue weighted by Gasteiger charge is 2.15. The Bertz CT molecular complexity index is 796. The molecule has 0 saturated carbocycles. The maximum Gasteiger partial charge on any atom is 0.265 e. The second-order valence-electron chi connectivity index (χ2n) is 4.98. The molecule has 0 radical (unpaired) electrons. The van der Waals surface area contributed by atoms with Gasteiger partial charge in [0.05, 0.1) is 0 Å². The van der Waals surface area contributed by atoms with E-state index < -0.39 is 6.10 Å². The molecule has 0 saturated heterocycles. The summed E-state index contributed by atoms with van der Waals surface area (Å²) in [6.07, 6.45) is -0.602. The summed E-state index contributed by atoms with van der Waals surface area (Å²) in [5.74, 6) is 1.03. The number of amides is 1. The number of benzene rings is 2. The normalized spacial score (nSPS) is 12.1. The van der Waals surface area contributed by atoms with E-state index in [1.165, 1.54) is 0 Å². The highest BCUT2D eigenvalue weighted by Crippen LogP contribution is 2.20. The number of hydrogen-bond donors (Lipinski definition) is 1. The molecule has 3 rings (SSSR count). The first-order chi connectivity index (χ1) is 10.6. The van der Waals surface area contributed by atoms with Crippen LogP contribution in [0.3, 0.4) is 0 Å². The molecule has 1 heterocycles. The Balaban J connectivity index is 1.69. The van der Waals surface area contributed by atoms with E-state index in [1.54, 1.807) is 26.0 Å². The lowest BCUT2D eigenvalue weighted by atomic mass is 10.2. The minimum atomic E-state index is -0.602. The lowest BCUT2D eigenvalue weighted by molar-refractivity contribution is -0.122. The van der Waals surface area contributed by atoms with Gasteiger partial charge in [-0.2, -0.15) is 0 Å². The van der Waals surface area contributed by atoms with E-state index in [0.29, 0.717) is 22.9 Å². The Hall–Kier alpha value is -2.82. The standard InChI is InChI=1S/C17H16N2O3/c1-11(21-14-6-4-3-5-7-14)17(20)19-13-8-9-15-16(10-13)22-12(2)18-15/h3-11H,1-2H3,(H,19,20). The highest BCUT2D eigenvalue weighted by atomic mass is 16.5.